The van der Waals surface area contributed by atoms with Gasteiger partial charge in [-0.2, -0.15) is 0 Å². The number of ether oxygens (including phenoxy) is 3. The van der Waals surface area contributed by atoms with Gasteiger partial charge in [0.05, 0.1) is 20.8 Å². The summed E-state index contributed by atoms with van der Waals surface area (Å²) in [6.07, 6.45) is 0.741. The SMILES string of the molecule is COc1cccc(CCNC(=O)NCCOc2cccc(OC)c2)c1. The Bertz CT molecular complexity index is 676. The molecule has 0 saturated carbocycles. The lowest BCUT2D eigenvalue weighted by Gasteiger charge is -2.10. The zero-order valence-electron chi connectivity index (χ0n) is 14.6. The first-order valence-corrected chi connectivity index (χ1v) is 8.13. The lowest BCUT2D eigenvalue weighted by molar-refractivity contribution is 0.236. The molecule has 2 N–H and O–H groups in total. The van der Waals surface area contributed by atoms with Crippen LogP contribution in [0.2, 0.25) is 0 Å². The van der Waals surface area contributed by atoms with Crippen molar-refractivity contribution in [3.05, 3.63) is 54.1 Å². The molecule has 0 aliphatic rings. The maximum absolute atomic E-state index is 11.7. The second-order valence-electron chi connectivity index (χ2n) is 5.31. The molecule has 134 valence electrons. The van der Waals surface area contributed by atoms with Gasteiger partial charge in [-0.15, -0.1) is 0 Å². The monoisotopic (exact) mass is 344 g/mol. The van der Waals surface area contributed by atoms with Gasteiger partial charge in [-0.3, -0.25) is 0 Å². The molecule has 0 fully saturated rings. The van der Waals surface area contributed by atoms with Crippen molar-refractivity contribution in [1.82, 2.24) is 10.6 Å². The molecule has 6 heteroatoms. The number of benzene rings is 2. The molecule has 0 atom stereocenters. The maximum atomic E-state index is 11.7. The van der Waals surface area contributed by atoms with Crippen LogP contribution in [0.15, 0.2) is 48.5 Å². The zero-order valence-corrected chi connectivity index (χ0v) is 14.6. The van der Waals surface area contributed by atoms with E-state index in [2.05, 4.69) is 10.6 Å². The van der Waals surface area contributed by atoms with Crippen LogP contribution in [0, 0.1) is 0 Å². The summed E-state index contributed by atoms with van der Waals surface area (Å²) in [4.78, 5) is 11.7. The van der Waals surface area contributed by atoms with E-state index in [1.807, 2.05) is 42.5 Å². The van der Waals surface area contributed by atoms with Crippen LogP contribution in [-0.4, -0.2) is 39.9 Å². The third kappa shape index (κ3) is 6.63. The van der Waals surface area contributed by atoms with Gasteiger partial charge in [-0.25, -0.2) is 4.79 Å². The first kappa shape index (κ1) is 18.4. The van der Waals surface area contributed by atoms with Gasteiger partial charge in [0, 0.05) is 12.6 Å². The predicted molar refractivity (Wildman–Crippen MR) is 96.6 cm³/mol. The first-order valence-electron chi connectivity index (χ1n) is 8.13. The summed E-state index contributed by atoms with van der Waals surface area (Å²) in [5, 5.41) is 5.58. The molecule has 2 rings (SSSR count). The van der Waals surface area contributed by atoms with E-state index in [0.29, 0.717) is 25.4 Å². The topological polar surface area (TPSA) is 68.8 Å². The molecular formula is C19H24N2O4. The summed E-state index contributed by atoms with van der Waals surface area (Å²) in [7, 11) is 3.24. The Labute approximate surface area is 148 Å². The number of urea groups is 1. The highest BCUT2D eigenvalue weighted by Crippen LogP contribution is 2.18. The second kappa shape index (κ2) is 10.1. The summed E-state index contributed by atoms with van der Waals surface area (Å²) >= 11 is 0. The molecule has 2 aromatic carbocycles. The van der Waals surface area contributed by atoms with E-state index in [0.717, 1.165) is 23.5 Å². The van der Waals surface area contributed by atoms with E-state index in [9.17, 15) is 4.79 Å². The Kier molecular flexibility index (Phi) is 7.43. The Morgan fingerprint density at radius 2 is 1.52 bits per heavy atom. The van der Waals surface area contributed by atoms with Crippen LogP contribution < -0.4 is 24.8 Å². The number of rotatable bonds is 9. The lowest BCUT2D eigenvalue weighted by Crippen LogP contribution is -2.38. The van der Waals surface area contributed by atoms with E-state index in [1.165, 1.54) is 0 Å². The lowest BCUT2D eigenvalue weighted by atomic mass is 10.1. The van der Waals surface area contributed by atoms with Gasteiger partial charge in [0.25, 0.3) is 0 Å². The van der Waals surface area contributed by atoms with Crippen molar-refractivity contribution in [3.63, 3.8) is 0 Å². The Morgan fingerprint density at radius 1 is 0.880 bits per heavy atom. The normalized spacial score (nSPS) is 10.0. The molecule has 0 aliphatic carbocycles. The average molecular weight is 344 g/mol. The zero-order chi connectivity index (χ0) is 17.9. The predicted octanol–water partition coefficient (Wildman–Crippen LogP) is 2.62. The Hall–Kier alpha value is -2.89. The summed E-state index contributed by atoms with van der Waals surface area (Å²) in [6.45, 7) is 1.36. The molecule has 25 heavy (non-hydrogen) atoms. The van der Waals surface area contributed by atoms with Crippen molar-refractivity contribution in [1.29, 1.82) is 0 Å². The molecule has 0 bridgehead atoms. The summed E-state index contributed by atoms with van der Waals surface area (Å²) in [5.74, 6) is 2.26. The third-order valence-corrected chi connectivity index (χ3v) is 3.53. The van der Waals surface area contributed by atoms with Crippen LogP contribution in [0.1, 0.15) is 5.56 Å². The molecule has 0 spiro atoms. The van der Waals surface area contributed by atoms with E-state index >= 15 is 0 Å². The highest BCUT2D eigenvalue weighted by atomic mass is 16.5. The second-order valence-corrected chi connectivity index (χ2v) is 5.31. The third-order valence-electron chi connectivity index (χ3n) is 3.53. The van der Waals surface area contributed by atoms with Gasteiger partial charge in [0.1, 0.15) is 23.9 Å². The van der Waals surface area contributed by atoms with Crippen LogP contribution >= 0.6 is 0 Å². The van der Waals surface area contributed by atoms with Crippen LogP contribution in [0.5, 0.6) is 17.2 Å². The fraction of sp³-hybridized carbons (Fsp3) is 0.316. The van der Waals surface area contributed by atoms with Crippen molar-refractivity contribution in [2.24, 2.45) is 0 Å². The van der Waals surface area contributed by atoms with Gasteiger partial charge >= 0.3 is 6.03 Å². The van der Waals surface area contributed by atoms with E-state index in [-0.39, 0.29) is 6.03 Å². The number of carbonyl (C=O) groups is 1. The van der Waals surface area contributed by atoms with E-state index in [1.54, 1.807) is 20.3 Å². The van der Waals surface area contributed by atoms with Crippen molar-refractivity contribution >= 4 is 6.03 Å². The number of hydrogen-bond donors (Lipinski definition) is 2. The van der Waals surface area contributed by atoms with Gasteiger partial charge in [0.2, 0.25) is 0 Å². The number of nitrogens with one attached hydrogen (secondary N) is 2. The first-order chi connectivity index (χ1) is 12.2. The van der Waals surface area contributed by atoms with Crippen molar-refractivity contribution < 1.29 is 19.0 Å². The largest absolute Gasteiger partial charge is 0.497 e. The molecule has 2 amide bonds. The van der Waals surface area contributed by atoms with Gasteiger partial charge in [-0.1, -0.05) is 18.2 Å². The summed E-state index contributed by atoms with van der Waals surface area (Å²) in [5.41, 5.74) is 1.11. The smallest absolute Gasteiger partial charge is 0.314 e. The molecule has 0 saturated heterocycles. The molecule has 0 aliphatic heterocycles. The van der Waals surface area contributed by atoms with E-state index in [4.69, 9.17) is 14.2 Å². The molecule has 0 unspecified atom stereocenters. The van der Waals surface area contributed by atoms with Crippen LogP contribution in [0.25, 0.3) is 0 Å². The van der Waals surface area contributed by atoms with E-state index < -0.39 is 0 Å². The average Bonchev–Trinajstić information content (AvgIpc) is 2.65. The minimum Gasteiger partial charge on any atom is -0.497 e. The Morgan fingerprint density at radius 3 is 2.28 bits per heavy atom. The Balaban J connectivity index is 1.60. The molecule has 0 aromatic heterocycles. The highest BCUT2D eigenvalue weighted by molar-refractivity contribution is 5.73. The molecule has 0 heterocycles. The molecule has 0 radical (unpaired) electrons. The molecule has 2 aromatic rings. The summed E-state index contributed by atoms with van der Waals surface area (Å²) in [6, 6.07) is 14.9. The van der Waals surface area contributed by atoms with Gasteiger partial charge in [0.15, 0.2) is 0 Å². The number of amides is 2. The van der Waals surface area contributed by atoms with Crippen molar-refractivity contribution in [3.8, 4) is 17.2 Å². The van der Waals surface area contributed by atoms with Crippen molar-refractivity contribution in [2.45, 2.75) is 6.42 Å². The summed E-state index contributed by atoms with van der Waals surface area (Å²) < 4.78 is 15.9. The minimum absolute atomic E-state index is 0.211. The number of methoxy groups -OCH3 is 2. The maximum Gasteiger partial charge on any atom is 0.314 e. The fourth-order valence-corrected chi connectivity index (χ4v) is 2.24. The number of carbonyl (C=O) groups excluding carboxylic acids is 1. The number of hydrogen-bond acceptors (Lipinski definition) is 4. The van der Waals surface area contributed by atoms with Gasteiger partial charge in [-0.05, 0) is 36.2 Å². The quantitative estimate of drug-likeness (QED) is 0.686. The van der Waals surface area contributed by atoms with Crippen LogP contribution in [0.3, 0.4) is 0 Å². The van der Waals surface area contributed by atoms with Crippen molar-refractivity contribution in [2.75, 3.05) is 33.9 Å². The van der Waals surface area contributed by atoms with Gasteiger partial charge < -0.3 is 24.8 Å². The van der Waals surface area contributed by atoms with Crippen LogP contribution in [-0.2, 0) is 6.42 Å². The molecular weight excluding hydrogens is 320 g/mol. The standard InChI is InChI=1S/C19H24N2O4/c1-23-16-6-3-5-15(13-16)9-10-20-19(22)21-11-12-25-18-8-4-7-17(14-18)24-2/h3-8,13-14H,9-12H2,1-2H3,(H2,20,21,22). The molecule has 6 nitrogen and oxygen atoms in total. The fourth-order valence-electron chi connectivity index (χ4n) is 2.24. The minimum atomic E-state index is -0.211. The highest BCUT2D eigenvalue weighted by Gasteiger charge is 2.01. The van der Waals surface area contributed by atoms with Crippen LogP contribution in [0.4, 0.5) is 4.79 Å².